The number of hydrogen-bond donors (Lipinski definition) is 0. The van der Waals surface area contributed by atoms with Gasteiger partial charge in [-0.1, -0.05) is 107 Å². The van der Waals surface area contributed by atoms with Gasteiger partial charge in [0.15, 0.2) is 11.5 Å². The first kappa shape index (κ1) is 35.4. The number of allylic oxidation sites excluding steroid dienone is 2. The van der Waals surface area contributed by atoms with Gasteiger partial charge in [-0.3, -0.25) is 14.4 Å². The number of Topliss-reactive ketones (excluding diaryl/α,β-unsaturated/α-hetero) is 2. The fraction of sp³-hybridized carbons (Fsp3) is 0.471. The summed E-state index contributed by atoms with van der Waals surface area (Å²) in [4.78, 5) is 46.5. The monoisotopic (exact) mass is 606 g/mol. The van der Waals surface area contributed by atoms with Gasteiger partial charge < -0.3 is 9.64 Å². The zero-order chi connectivity index (χ0) is 31.6. The van der Waals surface area contributed by atoms with E-state index in [0.717, 1.165) is 24.8 Å². The third-order valence-electron chi connectivity index (χ3n) is 7.17. The Kier molecular flexibility index (Phi) is 15.9. The van der Waals surface area contributed by atoms with Gasteiger partial charge in [0.2, 0.25) is 12.0 Å². The number of ketones is 2. The standard InChI is InChI=1S/C24H32O4.C10H11ClN4/c1-3-4-5-6-7-8-9-10-11-12-17-21-22(26)19-15-13-14-16-20(19)23(27)24(21)28-18(2)25;1-8(14-7-12)15(2)6-9-3-4-10(11)13-5-9/h13-16H,3-12,17H2,1-2H3;3-5H,6H2,1-2H3. The number of pyridine rings is 1. The number of unbranched alkanes of at least 4 members (excludes halogenated alkanes) is 9. The summed E-state index contributed by atoms with van der Waals surface area (Å²) < 4.78 is 5.16. The molecule has 0 bridgehead atoms. The minimum atomic E-state index is -0.573. The fourth-order valence-electron chi connectivity index (χ4n) is 4.72. The highest BCUT2D eigenvalue weighted by molar-refractivity contribution is 6.29. The van der Waals surface area contributed by atoms with E-state index in [4.69, 9.17) is 21.6 Å². The Balaban J connectivity index is 0.000000362. The second-order valence-electron chi connectivity index (χ2n) is 10.6. The highest BCUT2D eigenvalue weighted by Crippen LogP contribution is 2.30. The van der Waals surface area contributed by atoms with Crippen LogP contribution in [0, 0.1) is 11.5 Å². The number of halogens is 1. The molecule has 1 aromatic carbocycles. The largest absolute Gasteiger partial charge is 0.422 e. The number of esters is 1. The highest BCUT2D eigenvalue weighted by atomic mass is 35.5. The summed E-state index contributed by atoms with van der Waals surface area (Å²) in [7, 11) is 1.87. The van der Waals surface area contributed by atoms with Crippen molar-refractivity contribution in [2.24, 2.45) is 4.99 Å². The van der Waals surface area contributed by atoms with E-state index >= 15 is 0 Å². The van der Waals surface area contributed by atoms with Crippen molar-refractivity contribution < 1.29 is 19.1 Å². The maximum Gasteiger partial charge on any atom is 0.308 e. The van der Waals surface area contributed by atoms with Gasteiger partial charge in [-0.25, -0.2) is 4.98 Å². The number of aromatic nitrogens is 1. The van der Waals surface area contributed by atoms with Crippen LogP contribution in [0.4, 0.5) is 0 Å². The maximum atomic E-state index is 12.8. The summed E-state index contributed by atoms with van der Waals surface area (Å²) in [5.74, 6) is -0.537. The van der Waals surface area contributed by atoms with Gasteiger partial charge in [0.05, 0.1) is 0 Å². The third kappa shape index (κ3) is 12.1. The number of fused-ring (bicyclic) bond motifs is 1. The lowest BCUT2D eigenvalue weighted by Gasteiger charge is -2.20. The zero-order valence-corrected chi connectivity index (χ0v) is 26.6. The molecule has 0 amide bonds. The van der Waals surface area contributed by atoms with Gasteiger partial charge in [-0.05, 0) is 31.4 Å². The van der Waals surface area contributed by atoms with E-state index < -0.39 is 5.97 Å². The van der Waals surface area contributed by atoms with Gasteiger partial charge in [0, 0.05) is 43.4 Å². The van der Waals surface area contributed by atoms with Gasteiger partial charge in [0.25, 0.3) is 0 Å². The topological polar surface area (TPSA) is 113 Å². The SMILES string of the molecule is CC(=NC#N)N(C)Cc1ccc(Cl)nc1.CCCCCCCCCCCCC1=C(OC(C)=O)C(=O)c2ccccc2C1=O. The molecule has 2 aromatic rings. The van der Waals surface area contributed by atoms with Crippen LogP contribution in [0.1, 0.15) is 118 Å². The minimum Gasteiger partial charge on any atom is -0.422 e. The lowest BCUT2D eigenvalue weighted by molar-refractivity contribution is -0.136. The number of hydrogen-bond acceptors (Lipinski definition) is 7. The van der Waals surface area contributed by atoms with E-state index in [-0.39, 0.29) is 17.3 Å². The predicted octanol–water partition coefficient (Wildman–Crippen LogP) is 8.26. The molecule has 1 heterocycles. The van der Waals surface area contributed by atoms with Crippen molar-refractivity contribution in [1.82, 2.24) is 9.88 Å². The van der Waals surface area contributed by atoms with Crippen LogP contribution >= 0.6 is 11.6 Å². The summed E-state index contributed by atoms with van der Waals surface area (Å²) in [5, 5.41) is 8.87. The molecular formula is C34H43ClN4O4. The predicted molar refractivity (Wildman–Crippen MR) is 170 cm³/mol. The maximum absolute atomic E-state index is 12.8. The summed E-state index contributed by atoms with van der Waals surface area (Å²) in [5.41, 5.74) is 2.09. The number of ether oxygens (including phenoxy) is 1. The molecule has 43 heavy (non-hydrogen) atoms. The average Bonchev–Trinajstić information content (AvgIpc) is 2.99. The average molecular weight is 607 g/mol. The number of carbonyl (C=O) groups is 3. The van der Waals surface area contributed by atoms with Crippen molar-refractivity contribution >= 4 is 35.0 Å². The molecule has 8 nitrogen and oxygen atoms in total. The summed E-state index contributed by atoms with van der Waals surface area (Å²) in [6.45, 7) is 5.92. The molecule has 0 aliphatic heterocycles. The number of carbonyl (C=O) groups excluding carboxylic acids is 3. The molecule has 1 aliphatic carbocycles. The Labute approximate surface area is 260 Å². The van der Waals surface area contributed by atoms with Crippen molar-refractivity contribution in [3.63, 3.8) is 0 Å². The Morgan fingerprint density at radius 1 is 0.930 bits per heavy atom. The van der Waals surface area contributed by atoms with E-state index in [2.05, 4.69) is 16.9 Å². The van der Waals surface area contributed by atoms with Gasteiger partial charge in [0.1, 0.15) is 11.0 Å². The Hall–Kier alpha value is -3.83. The Morgan fingerprint density at radius 3 is 2.05 bits per heavy atom. The van der Waals surface area contributed by atoms with Gasteiger partial charge >= 0.3 is 5.97 Å². The van der Waals surface area contributed by atoms with Crippen LogP contribution in [0.15, 0.2) is 58.9 Å². The van der Waals surface area contributed by atoms with E-state index in [0.29, 0.717) is 40.7 Å². The number of rotatable bonds is 14. The molecule has 9 heteroatoms. The fourth-order valence-corrected chi connectivity index (χ4v) is 4.83. The number of aliphatic imine (C=N–C) groups is 1. The lowest BCUT2D eigenvalue weighted by atomic mass is 9.86. The Bertz CT molecular complexity index is 1330. The second-order valence-corrected chi connectivity index (χ2v) is 11.0. The number of benzene rings is 1. The van der Waals surface area contributed by atoms with E-state index in [9.17, 15) is 14.4 Å². The quantitative estimate of drug-likeness (QED) is 0.0531. The number of nitriles is 1. The molecular weight excluding hydrogens is 564 g/mol. The summed E-state index contributed by atoms with van der Waals surface area (Å²) in [6, 6.07) is 10.4. The normalized spacial score (nSPS) is 12.7. The number of amidine groups is 1. The summed E-state index contributed by atoms with van der Waals surface area (Å²) >= 11 is 5.67. The zero-order valence-electron chi connectivity index (χ0n) is 25.8. The molecule has 3 rings (SSSR count). The van der Waals surface area contributed by atoms with Gasteiger partial charge in [-0.2, -0.15) is 10.3 Å². The molecule has 0 saturated carbocycles. The highest BCUT2D eigenvalue weighted by Gasteiger charge is 2.33. The van der Waals surface area contributed by atoms with Crippen LogP contribution in [0.25, 0.3) is 0 Å². The van der Waals surface area contributed by atoms with Crippen LogP contribution in [-0.2, 0) is 16.1 Å². The van der Waals surface area contributed by atoms with Crippen molar-refractivity contribution in [3.05, 3.63) is 75.8 Å². The molecule has 1 aliphatic rings. The van der Waals surface area contributed by atoms with Crippen molar-refractivity contribution in [3.8, 4) is 6.19 Å². The molecule has 230 valence electrons. The van der Waals surface area contributed by atoms with Crippen LogP contribution in [-0.4, -0.2) is 40.3 Å². The van der Waals surface area contributed by atoms with E-state index in [1.165, 1.54) is 51.9 Å². The van der Waals surface area contributed by atoms with Gasteiger partial charge in [-0.15, -0.1) is 0 Å². The van der Waals surface area contributed by atoms with E-state index in [1.54, 1.807) is 49.6 Å². The molecule has 1 aromatic heterocycles. The smallest absolute Gasteiger partial charge is 0.308 e. The summed E-state index contributed by atoms with van der Waals surface area (Å²) in [6.07, 6.45) is 15.9. The second kappa shape index (κ2) is 19.4. The van der Waals surface area contributed by atoms with Crippen molar-refractivity contribution in [2.75, 3.05) is 7.05 Å². The number of nitrogens with zero attached hydrogens (tertiary/aromatic N) is 4. The third-order valence-corrected chi connectivity index (χ3v) is 7.39. The lowest BCUT2D eigenvalue weighted by Crippen LogP contribution is -2.24. The first-order valence-corrected chi connectivity index (χ1v) is 15.4. The van der Waals surface area contributed by atoms with Crippen LogP contribution in [0.3, 0.4) is 0 Å². The minimum absolute atomic E-state index is 0.0767. The van der Waals surface area contributed by atoms with Crippen molar-refractivity contribution in [1.29, 1.82) is 5.26 Å². The van der Waals surface area contributed by atoms with Crippen LogP contribution < -0.4 is 0 Å². The van der Waals surface area contributed by atoms with Crippen LogP contribution in [0.5, 0.6) is 0 Å². The molecule has 0 radical (unpaired) electrons. The molecule has 0 fully saturated rings. The van der Waals surface area contributed by atoms with Crippen molar-refractivity contribution in [2.45, 2.75) is 97.9 Å². The van der Waals surface area contributed by atoms with Crippen LogP contribution in [0.2, 0.25) is 5.15 Å². The first-order valence-electron chi connectivity index (χ1n) is 15.0. The molecule has 0 unspecified atom stereocenters. The molecule has 0 N–H and O–H groups in total. The Morgan fingerprint density at radius 2 is 1.51 bits per heavy atom. The van der Waals surface area contributed by atoms with E-state index in [1.807, 2.05) is 18.0 Å². The molecule has 0 saturated heterocycles. The molecule has 0 atom stereocenters. The molecule has 0 spiro atoms. The first-order chi connectivity index (χ1) is 20.7.